The van der Waals surface area contributed by atoms with Crippen molar-refractivity contribution in [3.8, 4) is 0 Å². The monoisotopic (exact) mass is 265 g/mol. The minimum absolute atomic E-state index is 0.477. The molecule has 0 aliphatic heterocycles. The van der Waals surface area contributed by atoms with Gasteiger partial charge in [-0.15, -0.1) is 0 Å². The van der Waals surface area contributed by atoms with E-state index in [-0.39, 0.29) is 0 Å². The zero-order chi connectivity index (χ0) is 12.8. The number of hydrogen-bond donors (Lipinski definition) is 2. The first-order chi connectivity index (χ1) is 8.77. The van der Waals surface area contributed by atoms with Crippen molar-refractivity contribution in [3.05, 3.63) is 53.3 Å². The number of nitrogens with one attached hydrogen (secondary N) is 1. The smallest absolute Gasteiger partial charge is 0.0928 e. The predicted molar refractivity (Wildman–Crippen MR) is 71.5 cm³/mol. The minimum Gasteiger partial charge on any atom is -0.387 e. The maximum Gasteiger partial charge on any atom is 0.0928 e. The number of aliphatic hydroxyl groups is 1. The minimum atomic E-state index is -0.587. The molecule has 2 rings (SSSR count). The molecule has 1 atom stereocenters. The number of nitrogens with zero attached hydrogens (tertiary/aromatic N) is 2. The van der Waals surface area contributed by atoms with Crippen LogP contribution in [0.4, 0.5) is 0 Å². The van der Waals surface area contributed by atoms with E-state index in [1.165, 1.54) is 0 Å². The van der Waals surface area contributed by atoms with Crippen LogP contribution in [0.3, 0.4) is 0 Å². The van der Waals surface area contributed by atoms with E-state index in [9.17, 15) is 5.11 Å². The highest BCUT2D eigenvalue weighted by Crippen LogP contribution is 2.21. The summed E-state index contributed by atoms with van der Waals surface area (Å²) >= 11 is 6.01. The number of hydrogen-bond acceptors (Lipinski definition) is 3. The number of aliphatic hydroxyl groups excluding tert-OH is 1. The Bertz CT molecular complexity index is 473. The van der Waals surface area contributed by atoms with Crippen molar-refractivity contribution in [2.75, 3.05) is 13.1 Å². The Morgan fingerprint density at radius 1 is 1.33 bits per heavy atom. The Hall–Kier alpha value is -1.36. The molecule has 0 radical (unpaired) electrons. The second kappa shape index (κ2) is 6.54. The average Bonchev–Trinajstić information content (AvgIpc) is 2.88. The normalized spacial score (nSPS) is 12.6. The van der Waals surface area contributed by atoms with Gasteiger partial charge in [-0.2, -0.15) is 5.10 Å². The van der Waals surface area contributed by atoms with Gasteiger partial charge in [0.15, 0.2) is 0 Å². The van der Waals surface area contributed by atoms with E-state index < -0.39 is 6.10 Å². The van der Waals surface area contributed by atoms with Crippen LogP contribution in [-0.4, -0.2) is 28.0 Å². The van der Waals surface area contributed by atoms with Crippen molar-refractivity contribution in [1.82, 2.24) is 15.1 Å². The van der Waals surface area contributed by atoms with Gasteiger partial charge < -0.3 is 10.4 Å². The quantitative estimate of drug-likeness (QED) is 0.784. The van der Waals surface area contributed by atoms with Crippen molar-refractivity contribution >= 4 is 11.6 Å². The highest BCUT2D eigenvalue weighted by Gasteiger charge is 2.09. The Balaban J connectivity index is 1.75. The highest BCUT2D eigenvalue weighted by atomic mass is 35.5. The molecule has 2 N–H and O–H groups in total. The second-order valence-electron chi connectivity index (χ2n) is 4.01. The molecule has 96 valence electrons. The molecule has 1 aromatic carbocycles. The topological polar surface area (TPSA) is 50.1 Å². The van der Waals surface area contributed by atoms with E-state index in [4.69, 9.17) is 11.6 Å². The number of halogens is 1. The van der Waals surface area contributed by atoms with E-state index >= 15 is 0 Å². The summed E-state index contributed by atoms with van der Waals surface area (Å²) in [6, 6.07) is 9.22. The summed E-state index contributed by atoms with van der Waals surface area (Å²) in [5.41, 5.74) is 0.755. The summed E-state index contributed by atoms with van der Waals surface area (Å²) in [5, 5.41) is 17.9. The summed E-state index contributed by atoms with van der Waals surface area (Å²) in [5.74, 6) is 0. The number of benzene rings is 1. The molecular weight excluding hydrogens is 250 g/mol. The zero-order valence-corrected chi connectivity index (χ0v) is 10.7. The van der Waals surface area contributed by atoms with Gasteiger partial charge in [0.2, 0.25) is 0 Å². The standard InChI is InChI=1S/C13H16ClN3O/c14-12-5-2-1-4-11(12)13(18)10-15-7-9-17-8-3-6-16-17/h1-6,8,13,15,18H,7,9-10H2. The van der Waals surface area contributed by atoms with Crippen molar-refractivity contribution in [1.29, 1.82) is 0 Å². The third-order valence-corrected chi connectivity index (χ3v) is 3.02. The van der Waals surface area contributed by atoms with Gasteiger partial charge in [-0.1, -0.05) is 29.8 Å². The molecule has 0 aliphatic carbocycles. The summed E-state index contributed by atoms with van der Waals surface area (Å²) < 4.78 is 1.84. The first kappa shape index (κ1) is 13.1. The largest absolute Gasteiger partial charge is 0.387 e. The maximum atomic E-state index is 9.99. The molecule has 0 saturated carbocycles. The Kier molecular flexibility index (Phi) is 4.75. The molecule has 4 nitrogen and oxygen atoms in total. The van der Waals surface area contributed by atoms with E-state index in [0.29, 0.717) is 11.6 Å². The molecule has 0 spiro atoms. The SMILES string of the molecule is OC(CNCCn1cccn1)c1ccccc1Cl. The van der Waals surface area contributed by atoms with Gasteiger partial charge in [0.25, 0.3) is 0 Å². The summed E-state index contributed by atoms with van der Waals surface area (Å²) in [4.78, 5) is 0. The third-order valence-electron chi connectivity index (χ3n) is 2.68. The van der Waals surface area contributed by atoms with Crippen molar-refractivity contribution in [2.24, 2.45) is 0 Å². The van der Waals surface area contributed by atoms with E-state index in [1.54, 1.807) is 12.3 Å². The molecule has 0 fully saturated rings. The lowest BCUT2D eigenvalue weighted by Crippen LogP contribution is -2.25. The number of aromatic nitrogens is 2. The zero-order valence-electron chi connectivity index (χ0n) is 9.96. The lowest BCUT2D eigenvalue weighted by molar-refractivity contribution is 0.174. The maximum absolute atomic E-state index is 9.99. The molecular formula is C13H16ClN3O. The van der Waals surface area contributed by atoms with Crippen molar-refractivity contribution < 1.29 is 5.11 Å². The highest BCUT2D eigenvalue weighted by molar-refractivity contribution is 6.31. The lowest BCUT2D eigenvalue weighted by Gasteiger charge is -2.13. The van der Waals surface area contributed by atoms with Crippen LogP contribution < -0.4 is 5.32 Å². The van der Waals surface area contributed by atoms with Gasteiger partial charge in [-0.3, -0.25) is 4.68 Å². The average molecular weight is 266 g/mol. The van der Waals surface area contributed by atoms with Gasteiger partial charge in [0.05, 0.1) is 12.6 Å². The van der Waals surface area contributed by atoms with Gasteiger partial charge in [-0.25, -0.2) is 0 Å². The fourth-order valence-corrected chi connectivity index (χ4v) is 1.98. The molecule has 1 heterocycles. The molecule has 1 unspecified atom stereocenters. The molecule has 0 amide bonds. The molecule has 0 saturated heterocycles. The van der Waals surface area contributed by atoms with E-state index in [2.05, 4.69) is 10.4 Å². The van der Waals surface area contributed by atoms with Gasteiger partial charge in [0.1, 0.15) is 0 Å². The first-order valence-electron chi connectivity index (χ1n) is 5.88. The summed E-state index contributed by atoms with van der Waals surface area (Å²) in [6.07, 6.45) is 3.07. The van der Waals surface area contributed by atoms with Crippen molar-refractivity contribution in [2.45, 2.75) is 12.6 Å². The number of rotatable bonds is 6. The summed E-state index contributed by atoms with van der Waals surface area (Å²) in [7, 11) is 0. The molecule has 0 aliphatic rings. The molecule has 18 heavy (non-hydrogen) atoms. The van der Waals surface area contributed by atoms with E-state index in [1.807, 2.05) is 35.1 Å². The molecule has 2 aromatic rings. The van der Waals surface area contributed by atoms with Gasteiger partial charge in [-0.05, 0) is 12.1 Å². The first-order valence-corrected chi connectivity index (χ1v) is 6.26. The van der Waals surface area contributed by atoms with Gasteiger partial charge in [0, 0.05) is 36.1 Å². The second-order valence-corrected chi connectivity index (χ2v) is 4.42. The molecule has 5 heteroatoms. The fourth-order valence-electron chi connectivity index (χ4n) is 1.72. The van der Waals surface area contributed by atoms with Crippen LogP contribution in [0.1, 0.15) is 11.7 Å². The fraction of sp³-hybridized carbons (Fsp3) is 0.308. The van der Waals surface area contributed by atoms with Crippen molar-refractivity contribution in [3.63, 3.8) is 0 Å². The third kappa shape index (κ3) is 3.57. The van der Waals surface area contributed by atoms with Crippen LogP contribution in [-0.2, 0) is 6.54 Å². The predicted octanol–water partition coefficient (Wildman–Crippen LogP) is 1.86. The van der Waals surface area contributed by atoms with Crippen LogP contribution >= 0.6 is 11.6 Å². The van der Waals surface area contributed by atoms with Crippen LogP contribution in [0.2, 0.25) is 5.02 Å². The van der Waals surface area contributed by atoms with Crippen LogP contribution in [0.15, 0.2) is 42.7 Å². The van der Waals surface area contributed by atoms with Gasteiger partial charge >= 0.3 is 0 Å². The Labute approximate surface area is 111 Å². The lowest BCUT2D eigenvalue weighted by atomic mass is 10.1. The molecule has 0 bridgehead atoms. The Morgan fingerprint density at radius 3 is 2.89 bits per heavy atom. The van der Waals surface area contributed by atoms with Crippen LogP contribution in [0.5, 0.6) is 0 Å². The Morgan fingerprint density at radius 2 is 2.17 bits per heavy atom. The van der Waals surface area contributed by atoms with Crippen LogP contribution in [0.25, 0.3) is 0 Å². The molecule has 1 aromatic heterocycles. The van der Waals surface area contributed by atoms with E-state index in [0.717, 1.165) is 18.7 Å². The van der Waals surface area contributed by atoms with Crippen LogP contribution in [0, 0.1) is 0 Å². The summed E-state index contributed by atoms with van der Waals surface area (Å²) in [6.45, 7) is 2.01.